The highest BCUT2D eigenvalue weighted by molar-refractivity contribution is 7.89. The highest BCUT2D eigenvalue weighted by Crippen LogP contribution is 2.24. The largest absolute Gasteiger partial charge is 0.214 e. The zero-order valence-corrected chi connectivity index (χ0v) is 10.9. The van der Waals surface area contributed by atoms with E-state index < -0.39 is 10.0 Å². The normalized spacial score (nSPS) is 18.9. The first-order valence-electron chi connectivity index (χ1n) is 5.59. The standard InChI is InChI=1S/C10H20ClNO2S/c1-12(10-6-2-3-7-10)15(13,14)9-5-4-8-11/h10H,2-9H2,1H3. The van der Waals surface area contributed by atoms with Crippen molar-refractivity contribution in [3.8, 4) is 0 Å². The van der Waals surface area contributed by atoms with Crippen LogP contribution in [0.5, 0.6) is 0 Å². The summed E-state index contributed by atoms with van der Waals surface area (Å²) >= 11 is 5.53. The number of halogens is 1. The first kappa shape index (κ1) is 13.3. The first-order chi connectivity index (χ1) is 7.08. The van der Waals surface area contributed by atoms with E-state index in [-0.39, 0.29) is 11.8 Å². The predicted molar refractivity (Wildman–Crippen MR) is 63.8 cm³/mol. The van der Waals surface area contributed by atoms with Crippen molar-refractivity contribution in [1.82, 2.24) is 4.31 Å². The number of hydrogen-bond donors (Lipinski definition) is 0. The van der Waals surface area contributed by atoms with Gasteiger partial charge in [-0.15, -0.1) is 11.6 Å². The van der Waals surface area contributed by atoms with Gasteiger partial charge in [-0.2, -0.15) is 0 Å². The molecule has 1 rings (SSSR count). The Labute approximate surface area is 97.8 Å². The summed E-state index contributed by atoms with van der Waals surface area (Å²) in [5.74, 6) is 0.787. The smallest absolute Gasteiger partial charge is 0.212 e. The number of sulfonamides is 1. The molecule has 1 saturated carbocycles. The third-order valence-corrected chi connectivity index (χ3v) is 5.31. The molecule has 15 heavy (non-hydrogen) atoms. The van der Waals surface area contributed by atoms with Crippen LogP contribution in [0.2, 0.25) is 0 Å². The van der Waals surface area contributed by atoms with Crippen LogP contribution in [0, 0.1) is 0 Å². The molecule has 0 N–H and O–H groups in total. The molecular formula is C10H20ClNO2S. The van der Waals surface area contributed by atoms with Crippen LogP contribution >= 0.6 is 11.6 Å². The number of alkyl halides is 1. The van der Waals surface area contributed by atoms with E-state index in [4.69, 9.17) is 11.6 Å². The van der Waals surface area contributed by atoms with Gasteiger partial charge in [0.05, 0.1) is 5.75 Å². The molecular weight excluding hydrogens is 234 g/mol. The molecule has 0 aromatic heterocycles. The Bertz CT molecular complexity index is 273. The molecule has 0 spiro atoms. The lowest BCUT2D eigenvalue weighted by atomic mass is 10.3. The molecule has 90 valence electrons. The van der Waals surface area contributed by atoms with Gasteiger partial charge in [0.2, 0.25) is 10.0 Å². The minimum atomic E-state index is -3.04. The molecule has 1 fully saturated rings. The molecule has 0 aromatic rings. The van der Waals surface area contributed by atoms with E-state index >= 15 is 0 Å². The summed E-state index contributed by atoms with van der Waals surface area (Å²) < 4.78 is 25.3. The van der Waals surface area contributed by atoms with E-state index in [2.05, 4.69) is 0 Å². The van der Waals surface area contributed by atoms with Gasteiger partial charge in [0.1, 0.15) is 0 Å². The summed E-state index contributed by atoms with van der Waals surface area (Å²) in [4.78, 5) is 0. The van der Waals surface area contributed by atoms with E-state index in [0.29, 0.717) is 12.3 Å². The Morgan fingerprint density at radius 1 is 1.27 bits per heavy atom. The second-order valence-electron chi connectivity index (χ2n) is 4.17. The van der Waals surface area contributed by atoms with Gasteiger partial charge in [-0.25, -0.2) is 12.7 Å². The van der Waals surface area contributed by atoms with Gasteiger partial charge in [-0.05, 0) is 25.7 Å². The lowest BCUT2D eigenvalue weighted by Crippen LogP contribution is -2.36. The van der Waals surface area contributed by atoms with Crippen molar-refractivity contribution < 1.29 is 8.42 Å². The van der Waals surface area contributed by atoms with Gasteiger partial charge in [0, 0.05) is 19.0 Å². The molecule has 5 heteroatoms. The Morgan fingerprint density at radius 3 is 2.40 bits per heavy atom. The number of unbranched alkanes of at least 4 members (excludes halogenated alkanes) is 1. The van der Waals surface area contributed by atoms with Crippen LogP contribution in [0.25, 0.3) is 0 Å². The zero-order valence-electron chi connectivity index (χ0n) is 9.28. The van der Waals surface area contributed by atoms with Gasteiger partial charge in [0.25, 0.3) is 0 Å². The van der Waals surface area contributed by atoms with Gasteiger partial charge < -0.3 is 0 Å². The van der Waals surface area contributed by atoms with Gasteiger partial charge in [0.15, 0.2) is 0 Å². The van der Waals surface area contributed by atoms with Gasteiger partial charge in [-0.1, -0.05) is 12.8 Å². The fraction of sp³-hybridized carbons (Fsp3) is 1.00. The van der Waals surface area contributed by atoms with Crippen molar-refractivity contribution in [3.63, 3.8) is 0 Å². The maximum Gasteiger partial charge on any atom is 0.214 e. The molecule has 0 unspecified atom stereocenters. The average Bonchev–Trinajstić information content (AvgIpc) is 2.69. The maximum atomic E-state index is 11.9. The Balaban J connectivity index is 2.44. The SMILES string of the molecule is CN(C1CCCC1)S(=O)(=O)CCCCCl. The van der Waals surface area contributed by atoms with Crippen molar-refractivity contribution in [2.45, 2.75) is 44.6 Å². The topological polar surface area (TPSA) is 37.4 Å². The molecule has 0 aromatic carbocycles. The number of hydrogen-bond acceptors (Lipinski definition) is 2. The Morgan fingerprint density at radius 2 is 1.87 bits per heavy atom. The van der Waals surface area contributed by atoms with Crippen LogP contribution in [0.15, 0.2) is 0 Å². The van der Waals surface area contributed by atoms with E-state index in [1.807, 2.05) is 0 Å². The molecule has 0 radical (unpaired) electrons. The van der Waals surface area contributed by atoms with Gasteiger partial charge in [-0.3, -0.25) is 0 Å². The molecule has 0 saturated heterocycles. The van der Waals surface area contributed by atoms with Crippen LogP contribution in [0.4, 0.5) is 0 Å². The van der Waals surface area contributed by atoms with E-state index in [1.54, 1.807) is 11.4 Å². The van der Waals surface area contributed by atoms with Crippen molar-refractivity contribution in [2.24, 2.45) is 0 Å². The highest BCUT2D eigenvalue weighted by Gasteiger charge is 2.27. The van der Waals surface area contributed by atoms with E-state index in [1.165, 1.54) is 0 Å². The molecule has 0 atom stereocenters. The van der Waals surface area contributed by atoms with Crippen molar-refractivity contribution >= 4 is 21.6 Å². The molecule has 0 bridgehead atoms. The lowest BCUT2D eigenvalue weighted by Gasteiger charge is -2.23. The highest BCUT2D eigenvalue weighted by atomic mass is 35.5. The summed E-state index contributed by atoms with van der Waals surface area (Å²) in [6.45, 7) is 0. The monoisotopic (exact) mass is 253 g/mol. The van der Waals surface area contributed by atoms with Crippen LogP contribution in [0.1, 0.15) is 38.5 Å². The predicted octanol–water partition coefficient (Wildman–Crippen LogP) is 2.21. The molecule has 0 amide bonds. The zero-order chi connectivity index (χ0) is 11.3. The third kappa shape index (κ3) is 3.93. The summed E-state index contributed by atoms with van der Waals surface area (Å²) in [6, 6.07) is 0.242. The van der Waals surface area contributed by atoms with Crippen LogP contribution < -0.4 is 0 Å². The first-order valence-corrected chi connectivity index (χ1v) is 7.74. The molecule has 1 aliphatic rings. The lowest BCUT2D eigenvalue weighted by molar-refractivity contribution is 0.372. The van der Waals surface area contributed by atoms with E-state index in [0.717, 1.165) is 32.1 Å². The van der Waals surface area contributed by atoms with Crippen molar-refractivity contribution in [2.75, 3.05) is 18.7 Å². The summed E-state index contributed by atoms with van der Waals surface area (Å²) in [5, 5.41) is 0. The van der Waals surface area contributed by atoms with E-state index in [9.17, 15) is 8.42 Å². The van der Waals surface area contributed by atoms with Crippen molar-refractivity contribution in [1.29, 1.82) is 0 Å². The minimum absolute atomic E-state index is 0.242. The molecule has 3 nitrogen and oxygen atoms in total. The second-order valence-corrected chi connectivity index (χ2v) is 6.69. The van der Waals surface area contributed by atoms with Gasteiger partial charge >= 0.3 is 0 Å². The number of nitrogens with zero attached hydrogens (tertiary/aromatic N) is 1. The third-order valence-electron chi connectivity index (χ3n) is 3.06. The Hall–Kier alpha value is 0.200. The van der Waals surface area contributed by atoms with Crippen LogP contribution in [-0.2, 0) is 10.0 Å². The fourth-order valence-corrected chi connectivity index (χ4v) is 3.73. The van der Waals surface area contributed by atoms with Crippen LogP contribution in [-0.4, -0.2) is 37.4 Å². The molecule has 0 heterocycles. The quantitative estimate of drug-likeness (QED) is 0.538. The molecule has 0 aliphatic heterocycles. The maximum absolute atomic E-state index is 11.9. The summed E-state index contributed by atoms with van der Waals surface area (Å²) in [6.07, 6.45) is 5.80. The van der Waals surface area contributed by atoms with Crippen LogP contribution in [0.3, 0.4) is 0 Å². The fourth-order valence-electron chi connectivity index (χ4n) is 2.02. The molecule has 1 aliphatic carbocycles. The number of rotatable bonds is 6. The average molecular weight is 254 g/mol. The second kappa shape index (κ2) is 6.06. The van der Waals surface area contributed by atoms with Crippen molar-refractivity contribution in [3.05, 3.63) is 0 Å². The summed E-state index contributed by atoms with van der Waals surface area (Å²) in [7, 11) is -1.33. The minimum Gasteiger partial charge on any atom is -0.212 e. The Kier molecular flexibility index (Phi) is 5.36. The summed E-state index contributed by atoms with van der Waals surface area (Å²) in [5.41, 5.74) is 0.